The Morgan fingerprint density at radius 1 is 1.15 bits per heavy atom. The molecule has 2 aromatic rings. The molecule has 0 spiro atoms. The topological polar surface area (TPSA) is 40.7 Å². The van der Waals surface area contributed by atoms with Crippen LogP contribution in [-0.4, -0.2) is 16.2 Å². The molecule has 0 fully saturated rings. The standard InChI is InChI=1S/C17H25N3/c1-3-4-5-6-14(2)18-13-15-7-9-16(10-8-15)17-11-12-19-20-17/h7-12,14,18H,3-6,13H2,1-2H3,(H,19,20). The molecule has 3 nitrogen and oxygen atoms in total. The van der Waals surface area contributed by atoms with Gasteiger partial charge in [0.2, 0.25) is 0 Å². The lowest BCUT2D eigenvalue weighted by Gasteiger charge is -2.13. The molecule has 0 aliphatic heterocycles. The van der Waals surface area contributed by atoms with Crippen LogP contribution >= 0.6 is 0 Å². The molecule has 0 saturated heterocycles. The fourth-order valence-corrected chi connectivity index (χ4v) is 2.31. The smallest absolute Gasteiger partial charge is 0.0650 e. The molecule has 1 unspecified atom stereocenters. The number of hydrogen-bond donors (Lipinski definition) is 2. The third kappa shape index (κ3) is 4.49. The van der Waals surface area contributed by atoms with E-state index in [0.717, 1.165) is 12.2 Å². The van der Waals surface area contributed by atoms with Crippen LogP contribution in [0.15, 0.2) is 36.5 Å². The molecule has 0 amide bonds. The number of unbranched alkanes of at least 4 members (excludes halogenated alkanes) is 2. The first-order valence-corrected chi connectivity index (χ1v) is 7.61. The number of nitrogens with zero attached hydrogens (tertiary/aromatic N) is 1. The van der Waals surface area contributed by atoms with E-state index in [0.29, 0.717) is 6.04 Å². The number of aromatic amines is 1. The summed E-state index contributed by atoms with van der Waals surface area (Å²) in [5.74, 6) is 0. The van der Waals surface area contributed by atoms with Gasteiger partial charge >= 0.3 is 0 Å². The van der Waals surface area contributed by atoms with Crippen LogP contribution in [0.3, 0.4) is 0 Å². The third-order valence-corrected chi connectivity index (χ3v) is 3.66. The molecule has 0 saturated carbocycles. The first-order chi connectivity index (χ1) is 9.79. The summed E-state index contributed by atoms with van der Waals surface area (Å²) < 4.78 is 0. The molecule has 2 rings (SSSR count). The Balaban J connectivity index is 1.79. The van der Waals surface area contributed by atoms with Crippen molar-refractivity contribution in [2.75, 3.05) is 0 Å². The van der Waals surface area contributed by atoms with Crippen molar-refractivity contribution < 1.29 is 0 Å². The van der Waals surface area contributed by atoms with Crippen LogP contribution in [0.2, 0.25) is 0 Å². The van der Waals surface area contributed by atoms with E-state index in [1.54, 1.807) is 6.20 Å². The average molecular weight is 271 g/mol. The normalized spacial score (nSPS) is 12.5. The van der Waals surface area contributed by atoms with Crippen molar-refractivity contribution in [3.05, 3.63) is 42.1 Å². The molecule has 3 heteroatoms. The quantitative estimate of drug-likeness (QED) is 0.709. The Morgan fingerprint density at radius 2 is 1.95 bits per heavy atom. The molecular formula is C17H25N3. The fourth-order valence-electron chi connectivity index (χ4n) is 2.31. The minimum atomic E-state index is 0.592. The largest absolute Gasteiger partial charge is 0.310 e. The summed E-state index contributed by atoms with van der Waals surface area (Å²) in [6, 6.07) is 11.2. The monoisotopic (exact) mass is 271 g/mol. The molecule has 108 valence electrons. The molecular weight excluding hydrogens is 246 g/mol. The predicted octanol–water partition coefficient (Wildman–Crippen LogP) is 4.14. The van der Waals surface area contributed by atoms with Crippen molar-refractivity contribution in [3.63, 3.8) is 0 Å². The van der Waals surface area contributed by atoms with E-state index >= 15 is 0 Å². The summed E-state index contributed by atoms with van der Waals surface area (Å²) in [7, 11) is 0. The molecule has 0 bridgehead atoms. The van der Waals surface area contributed by atoms with Gasteiger partial charge in [-0.05, 0) is 30.5 Å². The second-order valence-corrected chi connectivity index (χ2v) is 5.44. The van der Waals surface area contributed by atoms with Crippen LogP contribution in [0.4, 0.5) is 0 Å². The van der Waals surface area contributed by atoms with Crippen LogP contribution in [0.25, 0.3) is 11.3 Å². The van der Waals surface area contributed by atoms with Gasteiger partial charge in [-0.3, -0.25) is 5.10 Å². The zero-order chi connectivity index (χ0) is 14.2. The molecule has 1 aromatic carbocycles. The lowest BCUT2D eigenvalue weighted by Crippen LogP contribution is -2.25. The number of H-pyrrole nitrogens is 1. The zero-order valence-corrected chi connectivity index (χ0v) is 12.5. The van der Waals surface area contributed by atoms with E-state index in [4.69, 9.17) is 0 Å². The highest BCUT2D eigenvalue weighted by Crippen LogP contribution is 2.16. The maximum atomic E-state index is 3.98. The number of aromatic nitrogens is 2. The van der Waals surface area contributed by atoms with E-state index in [2.05, 4.69) is 53.6 Å². The van der Waals surface area contributed by atoms with E-state index in [1.807, 2.05) is 6.07 Å². The SMILES string of the molecule is CCCCCC(C)NCc1ccc(-c2ccn[nH]2)cc1. The van der Waals surface area contributed by atoms with Gasteiger partial charge in [-0.15, -0.1) is 0 Å². The lowest BCUT2D eigenvalue weighted by molar-refractivity contribution is 0.487. The Morgan fingerprint density at radius 3 is 2.60 bits per heavy atom. The Labute approximate surface area is 121 Å². The van der Waals surface area contributed by atoms with Gasteiger partial charge in [-0.2, -0.15) is 5.10 Å². The maximum Gasteiger partial charge on any atom is 0.0650 e. The fraction of sp³-hybridized carbons (Fsp3) is 0.471. The van der Waals surface area contributed by atoms with Crippen LogP contribution in [-0.2, 0) is 6.54 Å². The molecule has 1 heterocycles. The average Bonchev–Trinajstić information content (AvgIpc) is 3.00. The Bertz CT molecular complexity index is 473. The van der Waals surface area contributed by atoms with Gasteiger partial charge in [0.05, 0.1) is 5.69 Å². The summed E-state index contributed by atoms with van der Waals surface area (Å²) in [6.45, 7) is 5.46. The third-order valence-electron chi connectivity index (χ3n) is 3.66. The molecule has 0 radical (unpaired) electrons. The van der Waals surface area contributed by atoms with Crippen LogP contribution in [0.1, 0.15) is 45.1 Å². The van der Waals surface area contributed by atoms with Gasteiger partial charge in [0.15, 0.2) is 0 Å². The van der Waals surface area contributed by atoms with Gasteiger partial charge < -0.3 is 5.32 Å². The van der Waals surface area contributed by atoms with E-state index in [-0.39, 0.29) is 0 Å². The zero-order valence-electron chi connectivity index (χ0n) is 12.5. The summed E-state index contributed by atoms with van der Waals surface area (Å²) in [5.41, 5.74) is 3.58. The summed E-state index contributed by atoms with van der Waals surface area (Å²) >= 11 is 0. The van der Waals surface area contributed by atoms with Crippen molar-refractivity contribution >= 4 is 0 Å². The van der Waals surface area contributed by atoms with E-state index in [1.165, 1.54) is 36.8 Å². The van der Waals surface area contributed by atoms with Crippen molar-refractivity contribution in [2.24, 2.45) is 0 Å². The first-order valence-electron chi connectivity index (χ1n) is 7.61. The molecule has 2 N–H and O–H groups in total. The van der Waals surface area contributed by atoms with Crippen molar-refractivity contribution in [2.45, 2.75) is 52.1 Å². The van der Waals surface area contributed by atoms with Gasteiger partial charge in [0, 0.05) is 18.8 Å². The molecule has 1 atom stereocenters. The van der Waals surface area contributed by atoms with Gasteiger partial charge in [-0.1, -0.05) is 50.5 Å². The van der Waals surface area contributed by atoms with Crippen molar-refractivity contribution in [1.82, 2.24) is 15.5 Å². The Kier molecular flexibility index (Phi) is 5.81. The molecule has 1 aromatic heterocycles. The second-order valence-electron chi connectivity index (χ2n) is 5.44. The number of rotatable bonds is 8. The number of benzene rings is 1. The molecule has 20 heavy (non-hydrogen) atoms. The minimum Gasteiger partial charge on any atom is -0.310 e. The highest BCUT2D eigenvalue weighted by Gasteiger charge is 2.02. The van der Waals surface area contributed by atoms with Crippen molar-refractivity contribution in [1.29, 1.82) is 0 Å². The maximum absolute atomic E-state index is 3.98. The van der Waals surface area contributed by atoms with Crippen molar-refractivity contribution in [3.8, 4) is 11.3 Å². The predicted molar refractivity (Wildman–Crippen MR) is 84.5 cm³/mol. The van der Waals surface area contributed by atoms with Gasteiger partial charge in [-0.25, -0.2) is 0 Å². The van der Waals surface area contributed by atoms with Gasteiger partial charge in [0.25, 0.3) is 0 Å². The molecule has 0 aliphatic carbocycles. The highest BCUT2D eigenvalue weighted by molar-refractivity contribution is 5.58. The summed E-state index contributed by atoms with van der Waals surface area (Å²) in [6.07, 6.45) is 7.00. The molecule has 0 aliphatic rings. The summed E-state index contributed by atoms with van der Waals surface area (Å²) in [5, 5.41) is 10.6. The summed E-state index contributed by atoms with van der Waals surface area (Å²) in [4.78, 5) is 0. The van der Waals surface area contributed by atoms with E-state index < -0.39 is 0 Å². The second kappa shape index (κ2) is 7.85. The Hall–Kier alpha value is -1.61. The lowest BCUT2D eigenvalue weighted by atomic mass is 10.1. The first kappa shape index (κ1) is 14.8. The highest BCUT2D eigenvalue weighted by atomic mass is 15.1. The van der Waals surface area contributed by atoms with Crippen LogP contribution in [0, 0.1) is 0 Å². The van der Waals surface area contributed by atoms with Crippen LogP contribution in [0.5, 0.6) is 0 Å². The van der Waals surface area contributed by atoms with Crippen LogP contribution < -0.4 is 5.32 Å². The number of nitrogens with one attached hydrogen (secondary N) is 2. The van der Waals surface area contributed by atoms with E-state index in [9.17, 15) is 0 Å². The van der Waals surface area contributed by atoms with Gasteiger partial charge in [0.1, 0.15) is 0 Å². The number of hydrogen-bond acceptors (Lipinski definition) is 2. The minimum absolute atomic E-state index is 0.592.